The van der Waals surface area contributed by atoms with E-state index in [1.807, 2.05) is 50.2 Å². The summed E-state index contributed by atoms with van der Waals surface area (Å²) in [6.45, 7) is 6.03. The number of amides is 3. The minimum Gasteiger partial charge on any atom is -0.319 e. The van der Waals surface area contributed by atoms with Gasteiger partial charge in [-0.2, -0.15) is 0 Å². The van der Waals surface area contributed by atoms with E-state index in [1.54, 1.807) is 6.92 Å². The van der Waals surface area contributed by atoms with Crippen LogP contribution in [0.1, 0.15) is 29.2 Å². The third kappa shape index (κ3) is 2.84. The lowest BCUT2D eigenvalue weighted by Crippen LogP contribution is -2.41. The first kappa shape index (κ1) is 16.7. The van der Waals surface area contributed by atoms with Crippen molar-refractivity contribution in [3.63, 3.8) is 0 Å². The molecular weight excluding hydrogens is 368 g/mol. The number of urea groups is 1. The van der Waals surface area contributed by atoms with Gasteiger partial charge in [-0.05, 0) is 32.4 Å². The van der Waals surface area contributed by atoms with Crippen molar-refractivity contribution in [3.05, 3.63) is 69.2 Å². The van der Waals surface area contributed by atoms with Crippen molar-refractivity contribution in [1.82, 2.24) is 10.2 Å². The third-order valence-corrected chi connectivity index (χ3v) is 5.00. The van der Waals surface area contributed by atoms with Crippen LogP contribution in [0.5, 0.6) is 0 Å². The van der Waals surface area contributed by atoms with E-state index in [4.69, 9.17) is 0 Å². The van der Waals surface area contributed by atoms with Gasteiger partial charge in [0.25, 0.3) is 5.91 Å². The highest BCUT2D eigenvalue weighted by molar-refractivity contribution is 9.10. The molecule has 0 radical (unpaired) electrons. The van der Waals surface area contributed by atoms with Crippen molar-refractivity contribution in [1.29, 1.82) is 0 Å². The van der Waals surface area contributed by atoms with Crippen LogP contribution < -0.4 is 5.32 Å². The monoisotopic (exact) mass is 386 g/mol. The number of hydrogen-bond acceptors (Lipinski definition) is 2. The lowest BCUT2D eigenvalue weighted by molar-refractivity contribution is -0.131. The maximum absolute atomic E-state index is 13.0. The summed E-state index contributed by atoms with van der Waals surface area (Å²) in [6.07, 6.45) is 0. The van der Waals surface area contributed by atoms with Crippen LogP contribution >= 0.6 is 15.9 Å². The maximum Gasteiger partial charge on any atom is 0.325 e. The van der Waals surface area contributed by atoms with Crippen LogP contribution in [-0.2, 0) is 16.9 Å². The highest BCUT2D eigenvalue weighted by Crippen LogP contribution is 2.34. The largest absolute Gasteiger partial charge is 0.325 e. The second-order valence-electron chi connectivity index (χ2n) is 6.42. The van der Waals surface area contributed by atoms with E-state index < -0.39 is 5.54 Å². The summed E-state index contributed by atoms with van der Waals surface area (Å²) in [5.74, 6) is -0.237. The van der Waals surface area contributed by atoms with E-state index in [1.165, 1.54) is 4.90 Å². The molecule has 2 aromatic rings. The van der Waals surface area contributed by atoms with Crippen LogP contribution in [0.4, 0.5) is 4.79 Å². The molecule has 1 heterocycles. The summed E-state index contributed by atoms with van der Waals surface area (Å²) in [6, 6.07) is 13.2. The molecular formula is C19H19BrN2O2. The quantitative estimate of drug-likeness (QED) is 0.809. The molecule has 2 aromatic carbocycles. The fourth-order valence-corrected chi connectivity index (χ4v) is 3.91. The summed E-state index contributed by atoms with van der Waals surface area (Å²) in [5, 5.41) is 2.84. The molecule has 124 valence electrons. The predicted molar refractivity (Wildman–Crippen MR) is 96.5 cm³/mol. The fraction of sp³-hybridized carbons (Fsp3) is 0.263. The Bertz CT molecular complexity index is 814. The second kappa shape index (κ2) is 6.06. The number of hydrogen-bond donors (Lipinski definition) is 1. The van der Waals surface area contributed by atoms with Gasteiger partial charge in [-0.3, -0.25) is 9.69 Å². The minimum absolute atomic E-state index is 0.237. The van der Waals surface area contributed by atoms with E-state index in [2.05, 4.69) is 27.3 Å². The third-order valence-electron chi connectivity index (χ3n) is 4.31. The molecule has 1 unspecified atom stereocenters. The number of nitrogens with zero attached hydrogens (tertiary/aromatic N) is 1. The van der Waals surface area contributed by atoms with Gasteiger partial charge in [-0.25, -0.2) is 4.79 Å². The van der Waals surface area contributed by atoms with Crippen LogP contribution in [-0.4, -0.2) is 16.8 Å². The Morgan fingerprint density at radius 1 is 1.08 bits per heavy atom. The first-order chi connectivity index (χ1) is 11.3. The smallest absolute Gasteiger partial charge is 0.319 e. The molecule has 1 atom stereocenters. The molecule has 5 heteroatoms. The van der Waals surface area contributed by atoms with Crippen molar-refractivity contribution >= 4 is 27.9 Å². The topological polar surface area (TPSA) is 49.4 Å². The number of rotatable bonds is 3. The SMILES string of the molecule is Cc1cc(C)cc(CN2C(=O)NC(C)(c3ccccc3Br)C2=O)c1. The zero-order valence-electron chi connectivity index (χ0n) is 13.9. The van der Waals surface area contributed by atoms with Crippen LogP contribution in [0.3, 0.4) is 0 Å². The molecule has 0 saturated carbocycles. The molecule has 0 bridgehead atoms. The highest BCUT2D eigenvalue weighted by Gasteiger charge is 2.49. The van der Waals surface area contributed by atoms with Gasteiger partial charge in [0.15, 0.2) is 0 Å². The number of carbonyl (C=O) groups excluding carboxylic acids is 2. The number of imide groups is 1. The van der Waals surface area contributed by atoms with Crippen LogP contribution in [0.25, 0.3) is 0 Å². The summed E-state index contributed by atoms with van der Waals surface area (Å²) >= 11 is 3.47. The summed E-state index contributed by atoms with van der Waals surface area (Å²) < 4.78 is 0.800. The van der Waals surface area contributed by atoms with Crippen LogP contribution in [0.2, 0.25) is 0 Å². The normalized spacial score (nSPS) is 20.4. The number of benzene rings is 2. The van der Waals surface area contributed by atoms with Gasteiger partial charge in [-0.1, -0.05) is 63.5 Å². The second-order valence-corrected chi connectivity index (χ2v) is 7.28. The van der Waals surface area contributed by atoms with Gasteiger partial charge in [-0.15, -0.1) is 0 Å². The van der Waals surface area contributed by atoms with Gasteiger partial charge in [0, 0.05) is 10.0 Å². The summed E-state index contributed by atoms with van der Waals surface area (Å²) in [4.78, 5) is 26.7. The maximum atomic E-state index is 13.0. The van der Waals surface area contributed by atoms with Gasteiger partial charge in [0.2, 0.25) is 0 Å². The van der Waals surface area contributed by atoms with Gasteiger partial charge in [0.05, 0.1) is 6.54 Å². The van der Waals surface area contributed by atoms with E-state index in [-0.39, 0.29) is 18.5 Å². The molecule has 1 fully saturated rings. The van der Waals surface area contributed by atoms with E-state index in [0.717, 1.165) is 26.7 Å². The lowest BCUT2D eigenvalue weighted by atomic mass is 9.92. The van der Waals surface area contributed by atoms with Crippen molar-refractivity contribution in [2.24, 2.45) is 0 Å². The molecule has 1 aliphatic heterocycles. The molecule has 4 nitrogen and oxygen atoms in total. The molecule has 0 spiro atoms. The van der Waals surface area contributed by atoms with Crippen molar-refractivity contribution in [3.8, 4) is 0 Å². The van der Waals surface area contributed by atoms with Gasteiger partial charge < -0.3 is 5.32 Å². The summed E-state index contributed by atoms with van der Waals surface area (Å²) in [7, 11) is 0. The van der Waals surface area contributed by atoms with E-state index in [0.29, 0.717) is 0 Å². The molecule has 1 saturated heterocycles. The molecule has 24 heavy (non-hydrogen) atoms. The Balaban J connectivity index is 1.93. The zero-order valence-corrected chi connectivity index (χ0v) is 15.5. The highest BCUT2D eigenvalue weighted by atomic mass is 79.9. The number of carbonyl (C=O) groups is 2. The van der Waals surface area contributed by atoms with Gasteiger partial charge >= 0.3 is 6.03 Å². The number of aryl methyl sites for hydroxylation is 2. The van der Waals surface area contributed by atoms with E-state index >= 15 is 0 Å². The average molecular weight is 387 g/mol. The number of halogens is 1. The standard InChI is InChI=1S/C19H19BrN2O2/c1-12-8-13(2)10-14(9-12)11-22-17(23)19(3,21-18(22)24)15-6-4-5-7-16(15)20/h4-10H,11H2,1-3H3,(H,21,24). The molecule has 3 amide bonds. The average Bonchev–Trinajstić information content (AvgIpc) is 2.71. The lowest BCUT2D eigenvalue weighted by Gasteiger charge is -2.23. The fourth-order valence-electron chi connectivity index (χ4n) is 3.23. The van der Waals surface area contributed by atoms with Crippen LogP contribution in [0, 0.1) is 13.8 Å². The zero-order chi connectivity index (χ0) is 17.5. The Kier molecular flexibility index (Phi) is 4.22. The Labute approximate surface area is 150 Å². The van der Waals surface area contributed by atoms with Crippen molar-refractivity contribution in [2.45, 2.75) is 32.9 Å². The Morgan fingerprint density at radius 3 is 2.33 bits per heavy atom. The first-order valence-corrected chi connectivity index (χ1v) is 8.57. The molecule has 0 aromatic heterocycles. The molecule has 3 rings (SSSR count). The van der Waals surface area contributed by atoms with Gasteiger partial charge in [0.1, 0.15) is 5.54 Å². The van der Waals surface area contributed by atoms with Crippen molar-refractivity contribution < 1.29 is 9.59 Å². The molecule has 0 aliphatic carbocycles. The van der Waals surface area contributed by atoms with E-state index in [9.17, 15) is 9.59 Å². The van der Waals surface area contributed by atoms with Crippen molar-refractivity contribution in [2.75, 3.05) is 0 Å². The summed E-state index contributed by atoms with van der Waals surface area (Å²) in [5.41, 5.74) is 2.88. The molecule has 1 aliphatic rings. The minimum atomic E-state index is -1.06. The number of nitrogens with one attached hydrogen (secondary N) is 1. The predicted octanol–water partition coefficient (Wildman–Crippen LogP) is 4.03. The molecule has 1 N–H and O–H groups in total. The Morgan fingerprint density at radius 2 is 1.71 bits per heavy atom. The Hall–Kier alpha value is -2.14. The first-order valence-electron chi connectivity index (χ1n) is 7.77. The van der Waals surface area contributed by atoms with Crippen LogP contribution in [0.15, 0.2) is 46.9 Å².